The van der Waals surface area contributed by atoms with Gasteiger partial charge in [0.15, 0.2) is 0 Å². The number of carbonyl (C=O) groups excluding carboxylic acids is 3. The van der Waals surface area contributed by atoms with Gasteiger partial charge >= 0.3 is 6.09 Å². The molecule has 2 saturated carbocycles. The number of para-hydroxylation sites is 1. The molecule has 4 rings (SSSR count). The molecule has 3 amide bonds. The van der Waals surface area contributed by atoms with Crippen LogP contribution >= 0.6 is 0 Å². The van der Waals surface area contributed by atoms with Gasteiger partial charge in [-0.1, -0.05) is 37.5 Å². The van der Waals surface area contributed by atoms with Gasteiger partial charge in [0.25, 0.3) is 15.9 Å². The van der Waals surface area contributed by atoms with Crippen LogP contribution in [0.5, 0.6) is 0 Å². The van der Waals surface area contributed by atoms with Gasteiger partial charge in [0, 0.05) is 19.5 Å². The SMILES string of the molecule is C=C[C@@H]1C[C@]1(NC(=O)C1CC2CCCCC2CN1C(=O)OC(C)(C)C)C(=O)NS(=O)(=O)c1ccccc1NC. The molecule has 0 radical (unpaired) electrons. The number of hydrogen-bond donors (Lipinski definition) is 3. The van der Waals surface area contributed by atoms with Gasteiger partial charge in [-0.25, -0.2) is 17.9 Å². The molecule has 11 heteroatoms. The summed E-state index contributed by atoms with van der Waals surface area (Å²) in [4.78, 5) is 41.8. The van der Waals surface area contributed by atoms with E-state index in [1.54, 1.807) is 46.0 Å². The molecule has 3 fully saturated rings. The molecule has 1 aromatic carbocycles. The fourth-order valence-electron chi connectivity index (χ4n) is 5.91. The molecule has 0 spiro atoms. The molecule has 0 aromatic heterocycles. The molecule has 1 saturated heterocycles. The Hall–Kier alpha value is -3.08. The highest BCUT2D eigenvalue weighted by atomic mass is 32.2. The summed E-state index contributed by atoms with van der Waals surface area (Å²) in [6, 6.07) is 5.41. The predicted molar refractivity (Wildman–Crippen MR) is 147 cm³/mol. The van der Waals surface area contributed by atoms with Crippen LogP contribution < -0.4 is 15.4 Å². The first kappa shape index (κ1) is 28.9. The molecule has 1 aliphatic heterocycles. The van der Waals surface area contributed by atoms with E-state index in [9.17, 15) is 22.8 Å². The number of ether oxygens (including phenoxy) is 1. The van der Waals surface area contributed by atoms with E-state index in [0.717, 1.165) is 25.7 Å². The average molecular weight is 561 g/mol. The Balaban J connectivity index is 1.56. The van der Waals surface area contributed by atoms with Gasteiger partial charge in [-0.3, -0.25) is 14.5 Å². The van der Waals surface area contributed by atoms with E-state index in [4.69, 9.17) is 4.74 Å². The zero-order valence-electron chi connectivity index (χ0n) is 23.2. The standard InChI is InChI=1S/C28H40N4O6S/c1-6-20-16-28(20,25(34)31-39(36,37)23-14-10-9-13-21(23)29-5)30-24(33)22-15-18-11-7-8-12-19(18)17-32(22)26(35)38-27(2,3)4/h6,9-10,13-14,18-20,22,29H,1,7-8,11-12,15-17H2,2-5H3,(H,30,33)(H,31,34)/t18?,19?,20-,22?,28-/m1/s1. The number of hydrogen-bond acceptors (Lipinski definition) is 7. The van der Waals surface area contributed by atoms with Crippen LogP contribution in [0.3, 0.4) is 0 Å². The molecule has 3 unspecified atom stereocenters. The number of nitrogens with zero attached hydrogens (tertiary/aromatic N) is 1. The van der Waals surface area contributed by atoms with Gasteiger partial charge < -0.3 is 15.4 Å². The van der Waals surface area contributed by atoms with Crippen LogP contribution in [-0.2, 0) is 24.3 Å². The minimum atomic E-state index is -4.23. The number of rotatable bonds is 7. The smallest absolute Gasteiger partial charge is 0.410 e. The van der Waals surface area contributed by atoms with Gasteiger partial charge in [0.1, 0.15) is 22.1 Å². The van der Waals surface area contributed by atoms with Crippen LogP contribution in [0, 0.1) is 17.8 Å². The lowest BCUT2D eigenvalue weighted by Gasteiger charge is -2.45. The Morgan fingerprint density at radius 3 is 2.41 bits per heavy atom. The van der Waals surface area contributed by atoms with E-state index in [1.807, 2.05) is 0 Å². The number of fused-ring (bicyclic) bond motifs is 1. The fourth-order valence-corrected chi connectivity index (χ4v) is 7.17. The molecule has 0 bridgehead atoms. The van der Waals surface area contributed by atoms with Crippen molar-refractivity contribution in [3.05, 3.63) is 36.9 Å². The third-order valence-electron chi connectivity index (χ3n) is 8.05. The molecule has 10 nitrogen and oxygen atoms in total. The largest absolute Gasteiger partial charge is 0.444 e. The van der Waals surface area contributed by atoms with Crippen LogP contribution in [0.1, 0.15) is 59.3 Å². The Kier molecular flexibility index (Phi) is 8.03. The minimum absolute atomic E-state index is 0.0788. The molecule has 2 aliphatic carbocycles. The lowest BCUT2D eigenvalue weighted by Crippen LogP contribution is -2.61. The molecule has 1 heterocycles. The van der Waals surface area contributed by atoms with Gasteiger partial charge in [-0.2, -0.15) is 0 Å². The summed E-state index contributed by atoms with van der Waals surface area (Å²) < 4.78 is 34.1. The number of amides is 3. The highest BCUT2D eigenvalue weighted by molar-refractivity contribution is 7.90. The van der Waals surface area contributed by atoms with Gasteiger partial charge in [-0.05, 0) is 64.0 Å². The summed E-state index contributed by atoms with van der Waals surface area (Å²) in [5.74, 6) is -1.17. The summed E-state index contributed by atoms with van der Waals surface area (Å²) in [7, 11) is -2.64. The molecule has 3 N–H and O–H groups in total. The monoisotopic (exact) mass is 560 g/mol. The van der Waals surface area contributed by atoms with E-state index in [1.165, 1.54) is 17.0 Å². The second-order valence-corrected chi connectivity index (χ2v) is 13.5. The van der Waals surface area contributed by atoms with Crippen molar-refractivity contribution in [3.8, 4) is 0 Å². The van der Waals surface area contributed by atoms with E-state index in [-0.39, 0.29) is 11.3 Å². The second-order valence-electron chi connectivity index (χ2n) is 11.9. The molecular weight excluding hydrogens is 520 g/mol. The van der Waals surface area contributed by atoms with Crippen LogP contribution in [0.4, 0.5) is 10.5 Å². The predicted octanol–water partition coefficient (Wildman–Crippen LogP) is 3.41. The summed E-state index contributed by atoms with van der Waals surface area (Å²) in [6.07, 6.45) is 5.82. The van der Waals surface area contributed by atoms with Crippen molar-refractivity contribution in [2.45, 2.75) is 81.4 Å². The average Bonchev–Trinajstić information content (AvgIpc) is 3.60. The molecule has 214 valence electrons. The third kappa shape index (κ3) is 6.08. The summed E-state index contributed by atoms with van der Waals surface area (Å²) in [6.45, 7) is 9.51. The first-order chi connectivity index (χ1) is 18.3. The van der Waals surface area contributed by atoms with Crippen molar-refractivity contribution in [3.63, 3.8) is 0 Å². The summed E-state index contributed by atoms with van der Waals surface area (Å²) >= 11 is 0. The minimum Gasteiger partial charge on any atom is -0.444 e. The molecule has 5 atom stereocenters. The van der Waals surface area contributed by atoms with Crippen molar-refractivity contribution in [2.24, 2.45) is 17.8 Å². The number of nitrogens with one attached hydrogen (secondary N) is 3. The van der Waals surface area contributed by atoms with Crippen molar-refractivity contribution in [1.29, 1.82) is 0 Å². The van der Waals surface area contributed by atoms with Crippen LogP contribution in [-0.4, -0.2) is 62.0 Å². The molecule has 3 aliphatic rings. The Morgan fingerprint density at radius 1 is 1.13 bits per heavy atom. The zero-order chi connectivity index (χ0) is 28.6. The van der Waals surface area contributed by atoms with Gasteiger partial charge in [-0.15, -0.1) is 6.58 Å². The van der Waals surface area contributed by atoms with Crippen molar-refractivity contribution in [2.75, 3.05) is 18.9 Å². The van der Waals surface area contributed by atoms with Gasteiger partial charge in [0.05, 0.1) is 5.69 Å². The highest BCUT2D eigenvalue weighted by Crippen LogP contribution is 2.46. The Labute approximate surface area is 231 Å². The van der Waals surface area contributed by atoms with Crippen molar-refractivity contribution in [1.82, 2.24) is 14.9 Å². The second kappa shape index (κ2) is 10.8. The highest BCUT2D eigenvalue weighted by Gasteiger charge is 2.61. The maximum atomic E-state index is 13.8. The van der Waals surface area contributed by atoms with Crippen molar-refractivity contribution < 1.29 is 27.5 Å². The molecular formula is C28H40N4O6S. The van der Waals surface area contributed by atoms with Crippen molar-refractivity contribution >= 4 is 33.6 Å². The van der Waals surface area contributed by atoms with E-state index >= 15 is 0 Å². The summed E-state index contributed by atoms with van der Waals surface area (Å²) in [5, 5.41) is 5.64. The number of sulfonamides is 1. The fraction of sp³-hybridized carbons (Fsp3) is 0.607. The summed E-state index contributed by atoms with van der Waals surface area (Å²) in [5.41, 5.74) is -1.86. The number of carbonyl (C=O) groups is 3. The lowest BCUT2D eigenvalue weighted by molar-refractivity contribution is -0.134. The van der Waals surface area contributed by atoms with Gasteiger partial charge in [0.2, 0.25) is 5.91 Å². The first-order valence-electron chi connectivity index (χ1n) is 13.6. The van der Waals surface area contributed by atoms with E-state index in [2.05, 4.69) is 21.9 Å². The number of likely N-dealkylation sites (tertiary alicyclic amines) is 1. The molecule has 39 heavy (non-hydrogen) atoms. The van der Waals surface area contributed by atoms with Crippen LogP contribution in [0.2, 0.25) is 0 Å². The maximum Gasteiger partial charge on any atom is 0.410 e. The Bertz CT molecular complexity index is 1240. The topological polar surface area (TPSA) is 134 Å². The van der Waals surface area contributed by atoms with E-state index < -0.39 is 51.0 Å². The van der Waals surface area contributed by atoms with Crippen LogP contribution in [0.25, 0.3) is 0 Å². The Morgan fingerprint density at radius 2 is 1.79 bits per heavy atom. The molecule has 1 aromatic rings. The number of anilines is 1. The lowest BCUT2D eigenvalue weighted by atomic mass is 9.73. The third-order valence-corrected chi connectivity index (χ3v) is 9.44. The quantitative estimate of drug-likeness (QED) is 0.435. The first-order valence-corrected chi connectivity index (χ1v) is 15.1. The maximum absolute atomic E-state index is 13.8. The van der Waals surface area contributed by atoms with Crippen LogP contribution in [0.15, 0.2) is 41.8 Å². The normalized spacial score (nSPS) is 28.5. The number of piperidine rings is 1. The van der Waals surface area contributed by atoms with E-state index in [0.29, 0.717) is 30.5 Å². The zero-order valence-corrected chi connectivity index (χ0v) is 24.0. The number of benzene rings is 1.